The van der Waals surface area contributed by atoms with Crippen LogP contribution < -0.4 is 5.32 Å². The van der Waals surface area contributed by atoms with Gasteiger partial charge < -0.3 is 10.2 Å². The van der Waals surface area contributed by atoms with Crippen molar-refractivity contribution in [2.75, 3.05) is 25.0 Å². The molecule has 0 atom stereocenters. The van der Waals surface area contributed by atoms with Crippen molar-refractivity contribution in [1.29, 1.82) is 0 Å². The minimum atomic E-state index is -0.00711. The SMILES string of the molecule is CCCNc1ccc(C(=O)N2CCCC(C)(C)C2)nn1. The van der Waals surface area contributed by atoms with Crippen LogP contribution in [-0.4, -0.2) is 40.6 Å². The molecule has 2 heterocycles. The summed E-state index contributed by atoms with van der Waals surface area (Å²) >= 11 is 0. The second kappa shape index (κ2) is 6.20. The van der Waals surface area contributed by atoms with Crippen LogP contribution in [0.4, 0.5) is 5.82 Å². The van der Waals surface area contributed by atoms with E-state index in [9.17, 15) is 4.79 Å². The number of nitrogens with zero attached hydrogens (tertiary/aromatic N) is 3. The number of anilines is 1. The molecule has 1 aromatic rings. The van der Waals surface area contributed by atoms with Crippen LogP contribution >= 0.6 is 0 Å². The first-order valence-corrected chi connectivity index (χ1v) is 7.39. The fraction of sp³-hybridized carbons (Fsp3) is 0.667. The van der Waals surface area contributed by atoms with Gasteiger partial charge in [0.2, 0.25) is 0 Å². The zero-order chi connectivity index (χ0) is 14.6. The highest BCUT2D eigenvalue weighted by atomic mass is 16.2. The number of aromatic nitrogens is 2. The Balaban J connectivity index is 2.01. The van der Waals surface area contributed by atoms with Gasteiger partial charge in [-0.15, -0.1) is 10.2 Å². The molecule has 1 saturated heterocycles. The van der Waals surface area contributed by atoms with Crippen LogP contribution in [0.5, 0.6) is 0 Å². The van der Waals surface area contributed by atoms with Gasteiger partial charge >= 0.3 is 0 Å². The molecule has 2 rings (SSSR count). The van der Waals surface area contributed by atoms with Crippen LogP contribution in [0.15, 0.2) is 12.1 Å². The smallest absolute Gasteiger partial charge is 0.274 e. The predicted octanol–water partition coefficient (Wildman–Crippen LogP) is 2.56. The normalized spacial score (nSPS) is 17.9. The number of hydrogen-bond donors (Lipinski definition) is 1. The van der Waals surface area contributed by atoms with E-state index in [0.717, 1.165) is 38.3 Å². The van der Waals surface area contributed by atoms with Crippen molar-refractivity contribution >= 4 is 11.7 Å². The summed E-state index contributed by atoms with van der Waals surface area (Å²) in [6, 6.07) is 3.58. The Morgan fingerprint density at radius 1 is 1.40 bits per heavy atom. The summed E-state index contributed by atoms with van der Waals surface area (Å²) in [7, 11) is 0. The second-order valence-corrected chi connectivity index (χ2v) is 6.23. The highest BCUT2D eigenvalue weighted by Crippen LogP contribution is 2.28. The topological polar surface area (TPSA) is 58.1 Å². The summed E-state index contributed by atoms with van der Waals surface area (Å²) in [5, 5.41) is 11.3. The summed E-state index contributed by atoms with van der Waals surface area (Å²) in [5.74, 6) is 0.717. The van der Waals surface area contributed by atoms with Crippen molar-refractivity contribution in [3.8, 4) is 0 Å². The first-order chi connectivity index (χ1) is 9.52. The molecule has 1 fully saturated rings. The van der Waals surface area contributed by atoms with Crippen LogP contribution in [-0.2, 0) is 0 Å². The van der Waals surface area contributed by atoms with Gasteiger partial charge in [0, 0.05) is 19.6 Å². The molecule has 0 aromatic carbocycles. The fourth-order valence-corrected chi connectivity index (χ4v) is 2.55. The third-order valence-corrected chi connectivity index (χ3v) is 3.63. The Morgan fingerprint density at radius 3 is 2.80 bits per heavy atom. The zero-order valence-electron chi connectivity index (χ0n) is 12.6. The third kappa shape index (κ3) is 3.68. The molecule has 5 heteroatoms. The molecule has 0 saturated carbocycles. The highest BCUT2D eigenvalue weighted by molar-refractivity contribution is 5.92. The van der Waals surface area contributed by atoms with Crippen molar-refractivity contribution in [3.63, 3.8) is 0 Å². The molecule has 0 bridgehead atoms. The number of rotatable bonds is 4. The number of nitrogens with one attached hydrogen (secondary N) is 1. The summed E-state index contributed by atoms with van der Waals surface area (Å²) < 4.78 is 0. The van der Waals surface area contributed by atoms with E-state index in [1.165, 1.54) is 6.42 Å². The van der Waals surface area contributed by atoms with Crippen molar-refractivity contribution in [1.82, 2.24) is 15.1 Å². The van der Waals surface area contributed by atoms with Crippen molar-refractivity contribution < 1.29 is 4.79 Å². The van der Waals surface area contributed by atoms with E-state index in [1.54, 1.807) is 6.07 Å². The fourth-order valence-electron chi connectivity index (χ4n) is 2.55. The maximum atomic E-state index is 12.4. The lowest BCUT2D eigenvalue weighted by molar-refractivity contribution is 0.0576. The van der Waals surface area contributed by atoms with E-state index < -0.39 is 0 Å². The maximum absolute atomic E-state index is 12.4. The number of carbonyl (C=O) groups is 1. The van der Waals surface area contributed by atoms with Gasteiger partial charge in [-0.25, -0.2) is 0 Å². The quantitative estimate of drug-likeness (QED) is 0.918. The standard InChI is InChI=1S/C15H24N4O/c1-4-9-16-13-7-6-12(17-18-13)14(20)19-10-5-8-15(2,3)11-19/h6-7H,4-5,8-11H2,1-3H3,(H,16,18). The Bertz CT molecular complexity index is 455. The van der Waals surface area contributed by atoms with Gasteiger partial charge in [0.1, 0.15) is 5.82 Å². The zero-order valence-corrected chi connectivity index (χ0v) is 12.6. The van der Waals surface area contributed by atoms with Crippen molar-refractivity contribution in [2.45, 2.75) is 40.0 Å². The summed E-state index contributed by atoms with van der Waals surface area (Å²) in [6.45, 7) is 8.98. The van der Waals surface area contributed by atoms with E-state index in [0.29, 0.717) is 5.69 Å². The van der Waals surface area contributed by atoms with Gasteiger partial charge in [0.05, 0.1) is 0 Å². The van der Waals surface area contributed by atoms with Gasteiger partial charge in [0.25, 0.3) is 5.91 Å². The third-order valence-electron chi connectivity index (χ3n) is 3.63. The van der Waals surface area contributed by atoms with Crippen LogP contribution in [0.3, 0.4) is 0 Å². The molecule has 0 unspecified atom stereocenters. The van der Waals surface area contributed by atoms with Gasteiger partial charge in [-0.3, -0.25) is 4.79 Å². The second-order valence-electron chi connectivity index (χ2n) is 6.23. The Labute approximate surface area is 120 Å². The molecule has 0 radical (unpaired) electrons. The molecule has 110 valence electrons. The van der Waals surface area contributed by atoms with E-state index in [2.05, 4.69) is 36.3 Å². The van der Waals surface area contributed by atoms with Gasteiger partial charge in [-0.05, 0) is 36.8 Å². The maximum Gasteiger partial charge on any atom is 0.274 e. The first-order valence-electron chi connectivity index (χ1n) is 7.39. The number of piperidine rings is 1. The number of likely N-dealkylation sites (tertiary alicyclic amines) is 1. The van der Waals surface area contributed by atoms with Gasteiger partial charge in [0.15, 0.2) is 5.69 Å². The average Bonchev–Trinajstić information content (AvgIpc) is 2.44. The summed E-state index contributed by atoms with van der Waals surface area (Å²) in [6.07, 6.45) is 3.26. The summed E-state index contributed by atoms with van der Waals surface area (Å²) in [4.78, 5) is 14.3. The largest absolute Gasteiger partial charge is 0.369 e. The van der Waals surface area contributed by atoms with Crippen LogP contribution in [0.25, 0.3) is 0 Å². The van der Waals surface area contributed by atoms with E-state index in [-0.39, 0.29) is 11.3 Å². The Morgan fingerprint density at radius 2 is 2.20 bits per heavy atom. The van der Waals surface area contributed by atoms with Crippen LogP contribution in [0.2, 0.25) is 0 Å². The molecule has 0 spiro atoms. The first kappa shape index (κ1) is 14.8. The lowest BCUT2D eigenvalue weighted by Crippen LogP contribution is -2.43. The number of carbonyl (C=O) groups excluding carboxylic acids is 1. The van der Waals surface area contributed by atoms with E-state index in [1.807, 2.05) is 11.0 Å². The van der Waals surface area contributed by atoms with E-state index in [4.69, 9.17) is 0 Å². The predicted molar refractivity (Wildman–Crippen MR) is 79.7 cm³/mol. The van der Waals surface area contributed by atoms with Gasteiger partial charge in [-0.1, -0.05) is 20.8 Å². The Hall–Kier alpha value is -1.65. The molecular weight excluding hydrogens is 252 g/mol. The molecule has 5 nitrogen and oxygen atoms in total. The molecular formula is C15H24N4O. The summed E-state index contributed by atoms with van der Waals surface area (Å²) in [5.41, 5.74) is 0.633. The minimum Gasteiger partial charge on any atom is -0.369 e. The minimum absolute atomic E-state index is 0.00711. The average molecular weight is 276 g/mol. The van der Waals surface area contributed by atoms with E-state index >= 15 is 0 Å². The molecule has 1 amide bonds. The molecule has 20 heavy (non-hydrogen) atoms. The van der Waals surface area contributed by atoms with Gasteiger partial charge in [-0.2, -0.15) is 0 Å². The monoisotopic (exact) mass is 276 g/mol. The molecule has 1 N–H and O–H groups in total. The van der Waals surface area contributed by atoms with Crippen LogP contribution in [0, 0.1) is 5.41 Å². The lowest BCUT2D eigenvalue weighted by atomic mass is 9.84. The molecule has 1 aliphatic rings. The Kier molecular flexibility index (Phi) is 4.57. The highest BCUT2D eigenvalue weighted by Gasteiger charge is 2.30. The van der Waals surface area contributed by atoms with Crippen molar-refractivity contribution in [2.24, 2.45) is 5.41 Å². The molecule has 1 aromatic heterocycles. The lowest BCUT2D eigenvalue weighted by Gasteiger charge is -2.37. The van der Waals surface area contributed by atoms with Crippen LogP contribution in [0.1, 0.15) is 50.5 Å². The molecule has 1 aliphatic heterocycles. The molecule has 0 aliphatic carbocycles. The van der Waals surface area contributed by atoms with Crippen molar-refractivity contribution in [3.05, 3.63) is 17.8 Å². The number of hydrogen-bond acceptors (Lipinski definition) is 4. The number of amides is 1.